The van der Waals surface area contributed by atoms with Gasteiger partial charge in [0.05, 0.1) is 0 Å². The topological polar surface area (TPSA) is 64.9 Å². The van der Waals surface area contributed by atoms with E-state index in [-0.39, 0.29) is 5.41 Å². The van der Waals surface area contributed by atoms with Crippen LogP contribution >= 0.6 is 0 Å². The average molecular weight is 225 g/mol. The molecule has 0 saturated heterocycles. The van der Waals surface area contributed by atoms with Crippen molar-refractivity contribution in [3.05, 3.63) is 11.7 Å². The van der Waals surface area contributed by atoms with Crippen molar-refractivity contribution in [1.82, 2.24) is 10.1 Å². The number of hydrogen-bond acceptors (Lipinski definition) is 4. The van der Waals surface area contributed by atoms with Crippen LogP contribution in [0.2, 0.25) is 0 Å². The van der Waals surface area contributed by atoms with Gasteiger partial charge in [-0.1, -0.05) is 32.9 Å². The lowest BCUT2D eigenvalue weighted by molar-refractivity contribution is 0.288. The van der Waals surface area contributed by atoms with Crippen LogP contribution in [0.1, 0.15) is 58.2 Å². The van der Waals surface area contributed by atoms with E-state index in [1.165, 1.54) is 0 Å². The number of rotatable bonds is 6. The van der Waals surface area contributed by atoms with E-state index >= 15 is 0 Å². The molecule has 0 aliphatic rings. The molecular weight excluding hydrogens is 202 g/mol. The fourth-order valence-electron chi connectivity index (χ4n) is 1.57. The second kappa shape index (κ2) is 5.43. The van der Waals surface area contributed by atoms with Crippen LogP contribution in [0.15, 0.2) is 4.52 Å². The zero-order valence-corrected chi connectivity index (χ0v) is 10.8. The average Bonchev–Trinajstić information content (AvgIpc) is 2.63. The number of nitrogens with zero attached hydrogens (tertiary/aromatic N) is 2. The zero-order chi connectivity index (χ0) is 12.2. The lowest BCUT2D eigenvalue weighted by Crippen LogP contribution is -2.17. The monoisotopic (exact) mass is 225 g/mol. The Morgan fingerprint density at radius 2 is 2.00 bits per heavy atom. The molecule has 0 unspecified atom stereocenters. The van der Waals surface area contributed by atoms with Gasteiger partial charge in [-0.25, -0.2) is 0 Å². The van der Waals surface area contributed by atoms with Crippen LogP contribution in [0.5, 0.6) is 0 Å². The Labute approximate surface area is 97.6 Å². The molecule has 0 fully saturated rings. The Morgan fingerprint density at radius 3 is 2.50 bits per heavy atom. The largest absolute Gasteiger partial charge is 0.339 e. The number of nitrogens with two attached hydrogens (primary N) is 1. The van der Waals surface area contributed by atoms with Gasteiger partial charge in [0.15, 0.2) is 5.82 Å². The third kappa shape index (κ3) is 3.93. The molecule has 2 N–H and O–H groups in total. The molecule has 1 aromatic heterocycles. The molecule has 0 amide bonds. The highest BCUT2D eigenvalue weighted by Gasteiger charge is 2.18. The van der Waals surface area contributed by atoms with E-state index in [2.05, 4.69) is 37.8 Å². The summed E-state index contributed by atoms with van der Waals surface area (Å²) in [5.41, 5.74) is 5.83. The van der Waals surface area contributed by atoms with Crippen molar-refractivity contribution < 1.29 is 4.52 Å². The second-order valence-electron chi connectivity index (χ2n) is 5.40. The maximum absolute atomic E-state index is 5.58. The Hall–Kier alpha value is -0.900. The molecule has 92 valence electrons. The smallest absolute Gasteiger partial charge is 0.226 e. The van der Waals surface area contributed by atoms with E-state index < -0.39 is 0 Å². The summed E-state index contributed by atoms with van der Waals surface area (Å²) in [6.07, 6.45) is 2.90. The maximum atomic E-state index is 5.58. The minimum Gasteiger partial charge on any atom is -0.339 e. The van der Waals surface area contributed by atoms with Gasteiger partial charge in [-0.05, 0) is 24.8 Å². The highest BCUT2D eigenvalue weighted by atomic mass is 16.5. The van der Waals surface area contributed by atoms with E-state index in [1.54, 1.807) is 0 Å². The fourth-order valence-corrected chi connectivity index (χ4v) is 1.57. The van der Waals surface area contributed by atoms with E-state index in [4.69, 9.17) is 10.3 Å². The first-order valence-corrected chi connectivity index (χ1v) is 5.97. The molecule has 4 nitrogen and oxygen atoms in total. The summed E-state index contributed by atoms with van der Waals surface area (Å²) in [4.78, 5) is 4.36. The van der Waals surface area contributed by atoms with Gasteiger partial charge in [0.25, 0.3) is 0 Å². The van der Waals surface area contributed by atoms with Crippen LogP contribution < -0.4 is 5.73 Å². The van der Waals surface area contributed by atoms with Crippen molar-refractivity contribution in [1.29, 1.82) is 0 Å². The molecule has 0 aliphatic heterocycles. The molecular formula is C12H23N3O. The molecule has 0 atom stereocenters. The van der Waals surface area contributed by atoms with Crippen LogP contribution in [-0.4, -0.2) is 16.7 Å². The van der Waals surface area contributed by atoms with Crippen molar-refractivity contribution in [2.24, 2.45) is 11.1 Å². The molecule has 1 heterocycles. The van der Waals surface area contributed by atoms with Crippen molar-refractivity contribution in [3.8, 4) is 0 Å². The summed E-state index contributed by atoms with van der Waals surface area (Å²) in [5.74, 6) is 1.87. The van der Waals surface area contributed by atoms with Crippen molar-refractivity contribution in [2.75, 3.05) is 6.54 Å². The van der Waals surface area contributed by atoms with Gasteiger partial charge in [0, 0.05) is 12.3 Å². The fraction of sp³-hybridized carbons (Fsp3) is 0.833. The molecule has 0 radical (unpaired) electrons. The predicted octanol–water partition coefficient (Wildman–Crippen LogP) is 2.50. The van der Waals surface area contributed by atoms with E-state index in [0.717, 1.165) is 37.5 Å². The lowest BCUT2D eigenvalue weighted by Gasteiger charge is -2.22. The molecule has 1 rings (SSSR count). The minimum atomic E-state index is 0.251. The van der Waals surface area contributed by atoms with Crippen LogP contribution in [-0.2, 0) is 6.42 Å². The number of aryl methyl sites for hydroxylation is 1. The van der Waals surface area contributed by atoms with E-state index in [1.807, 2.05) is 0 Å². The van der Waals surface area contributed by atoms with Gasteiger partial charge >= 0.3 is 0 Å². The number of hydrogen-bond donors (Lipinski definition) is 1. The standard InChI is InChI=1S/C12H23N3O/c1-9(2)11-14-10(16-15-11)5-6-12(3,4)7-8-13/h9H,5-8,13H2,1-4H3. The van der Waals surface area contributed by atoms with Crippen LogP contribution in [0.25, 0.3) is 0 Å². The molecule has 0 aliphatic carbocycles. The number of aromatic nitrogens is 2. The van der Waals surface area contributed by atoms with Gasteiger partial charge in [0.1, 0.15) is 0 Å². The zero-order valence-electron chi connectivity index (χ0n) is 10.8. The Morgan fingerprint density at radius 1 is 1.31 bits per heavy atom. The summed E-state index contributed by atoms with van der Waals surface area (Å²) in [7, 11) is 0. The highest BCUT2D eigenvalue weighted by molar-refractivity contribution is 4.92. The molecule has 0 bridgehead atoms. The molecule has 0 saturated carbocycles. The molecule has 0 aromatic carbocycles. The first-order chi connectivity index (χ1) is 7.44. The van der Waals surface area contributed by atoms with E-state index in [9.17, 15) is 0 Å². The normalized spacial score (nSPS) is 12.4. The predicted molar refractivity (Wildman–Crippen MR) is 64.2 cm³/mol. The summed E-state index contributed by atoms with van der Waals surface area (Å²) in [6, 6.07) is 0. The Balaban J connectivity index is 2.48. The Kier molecular flexibility index (Phi) is 4.47. The lowest BCUT2D eigenvalue weighted by atomic mass is 9.84. The molecule has 0 spiro atoms. The first kappa shape index (κ1) is 13.2. The highest BCUT2D eigenvalue weighted by Crippen LogP contribution is 2.26. The van der Waals surface area contributed by atoms with Gasteiger partial charge in [-0.2, -0.15) is 4.98 Å². The summed E-state index contributed by atoms with van der Waals surface area (Å²) in [6.45, 7) is 9.30. The summed E-state index contributed by atoms with van der Waals surface area (Å²) in [5, 5.41) is 3.95. The summed E-state index contributed by atoms with van der Waals surface area (Å²) < 4.78 is 5.21. The van der Waals surface area contributed by atoms with Crippen LogP contribution in [0, 0.1) is 5.41 Å². The molecule has 1 aromatic rings. The molecule has 4 heteroatoms. The minimum absolute atomic E-state index is 0.251. The van der Waals surface area contributed by atoms with Gasteiger partial charge < -0.3 is 10.3 Å². The van der Waals surface area contributed by atoms with Gasteiger partial charge in [-0.3, -0.25) is 0 Å². The first-order valence-electron chi connectivity index (χ1n) is 5.97. The van der Waals surface area contributed by atoms with Crippen molar-refractivity contribution in [2.45, 2.75) is 52.9 Å². The maximum Gasteiger partial charge on any atom is 0.226 e. The quantitative estimate of drug-likeness (QED) is 0.807. The van der Waals surface area contributed by atoms with Gasteiger partial charge in [0.2, 0.25) is 5.89 Å². The Bertz CT molecular complexity index is 318. The third-order valence-corrected chi connectivity index (χ3v) is 2.84. The van der Waals surface area contributed by atoms with Crippen molar-refractivity contribution >= 4 is 0 Å². The van der Waals surface area contributed by atoms with Crippen LogP contribution in [0.4, 0.5) is 0 Å². The summed E-state index contributed by atoms with van der Waals surface area (Å²) >= 11 is 0. The van der Waals surface area contributed by atoms with Gasteiger partial charge in [-0.15, -0.1) is 0 Å². The van der Waals surface area contributed by atoms with E-state index in [0.29, 0.717) is 5.92 Å². The van der Waals surface area contributed by atoms with Crippen LogP contribution in [0.3, 0.4) is 0 Å². The SMILES string of the molecule is CC(C)c1noc(CCC(C)(C)CCN)n1. The molecule has 16 heavy (non-hydrogen) atoms. The van der Waals surface area contributed by atoms with Crippen molar-refractivity contribution in [3.63, 3.8) is 0 Å². The second-order valence-corrected chi connectivity index (χ2v) is 5.40. The third-order valence-electron chi connectivity index (χ3n) is 2.84.